The van der Waals surface area contributed by atoms with Crippen LogP contribution < -0.4 is 0 Å². The molecule has 0 saturated carbocycles. The van der Waals surface area contributed by atoms with Gasteiger partial charge in [-0.3, -0.25) is 14.5 Å². The Morgan fingerprint density at radius 2 is 1.83 bits per heavy atom. The van der Waals surface area contributed by atoms with E-state index < -0.39 is 11.9 Å². The van der Waals surface area contributed by atoms with Gasteiger partial charge in [0.2, 0.25) is 0 Å². The molecule has 0 aromatic heterocycles. The Bertz CT molecular complexity index is 322. The molecule has 2 rings (SSSR count). The highest BCUT2D eigenvalue weighted by molar-refractivity contribution is 5.90. The number of hydrogen-bond donors (Lipinski definition) is 0. The van der Waals surface area contributed by atoms with Crippen LogP contribution in [0.3, 0.4) is 0 Å². The van der Waals surface area contributed by atoms with Gasteiger partial charge in [0.15, 0.2) is 0 Å². The average Bonchev–Trinajstić information content (AvgIpc) is 2.37. The van der Waals surface area contributed by atoms with E-state index in [2.05, 4.69) is 18.6 Å². The summed E-state index contributed by atoms with van der Waals surface area (Å²) in [6.07, 6.45) is 3.70. The van der Waals surface area contributed by atoms with Gasteiger partial charge in [0.25, 0.3) is 0 Å². The predicted molar refractivity (Wildman–Crippen MR) is 65.0 cm³/mol. The average molecular weight is 255 g/mol. The number of carbonyl (C=O) groups is 2. The lowest BCUT2D eigenvalue weighted by Crippen LogP contribution is -2.53. The van der Waals surface area contributed by atoms with Crippen molar-refractivity contribution in [2.75, 3.05) is 19.7 Å². The van der Waals surface area contributed by atoms with Crippen LogP contribution in [0, 0.1) is 0 Å². The number of nitrogens with zero attached hydrogens (tertiary/aromatic N) is 1. The molecular weight excluding hydrogens is 234 g/mol. The summed E-state index contributed by atoms with van der Waals surface area (Å²) in [5.41, 5.74) is -0.0900. The first kappa shape index (κ1) is 13.5. The summed E-state index contributed by atoms with van der Waals surface area (Å²) in [5, 5.41) is 0. The van der Waals surface area contributed by atoms with Gasteiger partial charge in [-0.1, -0.05) is 13.8 Å². The fraction of sp³-hybridized carbons (Fsp3) is 0.846. The molecule has 0 radical (unpaired) electrons. The van der Waals surface area contributed by atoms with Crippen molar-refractivity contribution < 1.29 is 19.1 Å². The third kappa shape index (κ3) is 2.72. The number of rotatable bonds is 3. The monoisotopic (exact) mass is 255 g/mol. The van der Waals surface area contributed by atoms with Gasteiger partial charge < -0.3 is 9.47 Å². The van der Waals surface area contributed by atoms with Crippen molar-refractivity contribution in [2.45, 2.75) is 51.2 Å². The zero-order valence-electron chi connectivity index (χ0n) is 11.1. The van der Waals surface area contributed by atoms with Crippen molar-refractivity contribution >= 4 is 11.9 Å². The van der Waals surface area contributed by atoms with E-state index in [0.29, 0.717) is 6.61 Å². The van der Waals surface area contributed by atoms with Crippen LogP contribution >= 0.6 is 0 Å². The molecule has 0 spiro atoms. The molecule has 2 saturated heterocycles. The van der Waals surface area contributed by atoms with E-state index >= 15 is 0 Å². The summed E-state index contributed by atoms with van der Waals surface area (Å²) in [6, 6.07) is 0.246. The first-order chi connectivity index (χ1) is 8.58. The molecule has 5 nitrogen and oxygen atoms in total. The molecule has 1 unspecified atom stereocenters. The quantitative estimate of drug-likeness (QED) is 0.558. The molecule has 0 aromatic carbocycles. The van der Waals surface area contributed by atoms with Crippen molar-refractivity contribution in [1.29, 1.82) is 0 Å². The van der Waals surface area contributed by atoms with Gasteiger partial charge in [-0.05, 0) is 25.7 Å². The summed E-state index contributed by atoms with van der Waals surface area (Å²) in [4.78, 5) is 24.6. The Morgan fingerprint density at radius 1 is 1.22 bits per heavy atom. The minimum absolute atomic E-state index is 0.0900. The molecule has 0 aliphatic carbocycles. The number of carbonyl (C=O) groups excluding carboxylic acids is 2. The summed E-state index contributed by atoms with van der Waals surface area (Å²) in [6.45, 7) is 5.40. The summed E-state index contributed by atoms with van der Waals surface area (Å²) >= 11 is 0. The van der Waals surface area contributed by atoms with E-state index in [1.54, 1.807) is 0 Å². The first-order valence-electron chi connectivity index (χ1n) is 6.70. The molecule has 1 atom stereocenters. The van der Waals surface area contributed by atoms with Crippen molar-refractivity contribution in [3.05, 3.63) is 0 Å². The lowest BCUT2D eigenvalue weighted by molar-refractivity contribution is -0.172. The molecule has 0 bridgehead atoms. The van der Waals surface area contributed by atoms with E-state index in [0.717, 1.165) is 25.7 Å². The maximum absolute atomic E-state index is 11.3. The number of hydrogen-bond acceptors (Lipinski definition) is 5. The first-order valence-corrected chi connectivity index (χ1v) is 6.70. The molecule has 18 heavy (non-hydrogen) atoms. The Morgan fingerprint density at radius 3 is 2.39 bits per heavy atom. The smallest absolute Gasteiger partial charge is 0.327 e. The second-order valence-corrected chi connectivity index (χ2v) is 5.14. The summed E-state index contributed by atoms with van der Waals surface area (Å²) in [5.74, 6) is -0.868. The highest BCUT2D eigenvalue weighted by atomic mass is 16.6. The SMILES string of the molecule is CCC1(CC)CC(N2CC(=O)OC(=O)C2)CCO1. The largest absolute Gasteiger partial charge is 0.391 e. The van der Waals surface area contributed by atoms with Gasteiger partial charge in [0.1, 0.15) is 0 Å². The van der Waals surface area contributed by atoms with Crippen LogP contribution in [-0.4, -0.2) is 48.2 Å². The Hall–Kier alpha value is -0.940. The molecule has 0 N–H and O–H groups in total. The maximum Gasteiger partial charge on any atom is 0.327 e. The third-order valence-corrected chi connectivity index (χ3v) is 4.16. The molecule has 102 valence electrons. The Kier molecular flexibility index (Phi) is 4.02. The molecule has 2 fully saturated rings. The van der Waals surface area contributed by atoms with Crippen LogP contribution in [-0.2, 0) is 19.1 Å². The van der Waals surface area contributed by atoms with Crippen LogP contribution in [0.25, 0.3) is 0 Å². The van der Waals surface area contributed by atoms with Gasteiger partial charge in [-0.15, -0.1) is 0 Å². The molecule has 2 heterocycles. The number of ether oxygens (including phenoxy) is 2. The van der Waals surface area contributed by atoms with E-state index in [4.69, 9.17) is 4.74 Å². The van der Waals surface area contributed by atoms with Crippen LogP contribution in [0.2, 0.25) is 0 Å². The van der Waals surface area contributed by atoms with Crippen molar-refractivity contribution in [2.24, 2.45) is 0 Å². The molecule has 5 heteroatoms. The Balaban J connectivity index is 2.04. The topological polar surface area (TPSA) is 55.8 Å². The van der Waals surface area contributed by atoms with Crippen LogP contribution in [0.5, 0.6) is 0 Å². The highest BCUT2D eigenvalue weighted by Gasteiger charge is 2.39. The van der Waals surface area contributed by atoms with Crippen LogP contribution in [0.1, 0.15) is 39.5 Å². The normalized spacial score (nSPS) is 29.1. The number of cyclic esters (lactones) is 2. The predicted octanol–water partition coefficient (Wildman–Crippen LogP) is 1.11. The van der Waals surface area contributed by atoms with E-state index in [-0.39, 0.29) is 24.7 Å². The standard InChI is InChI=1S/C13H21NO4/c1-3-13(4-2)7-10(5-6-17-13)14-8-11(15)18-12(16)9-14/h10H,3-9H2,1-2H3. The van der Waals surface area contributed by atoms with Gasteiger partial charge in [0, 0.05) is 12.6 Å². The van der Waals surface area contributed by atoms with E-state index in [1.165, 1.54) is 0 Å². The fourth-order valence-corrected chi connectivity index (χ4v) is 2.89. The minimum Gasteiger partial charge on any atom is -0.391 e. The summed E-state index contributed by atoms with van der Waals surface area (Å²) in [7, 11) is 0. The van der Waals surface area contributed by atoms with Gasteiger partial charge >= 0.3 is 11.9 Å². The summed E-state index contributed by atoms with van der Waals surface area (Å²) < 4.78 is 10.5. The number of morpholine rings is 1. The van der Waals surface area contributed by atoms with Gasteiger partial charge in [0.05, 0.1) is 18.7 Å². The van der Waals surface area contributed by atoms with E-state index in [1.807, 2.05) is 4.90 Å². The third-order valence-electron chi connectivity index (χ3n) is 4.16. The van der Waals surface area contributed by atoms with Crippen molar-refractivity contribution in [3.8, 4) is 0 Å². The second kappa shape index (κ2) is 5.36. The van der Waals surface area contributed by atoms with Gasteiger partial charge in [-0.25, -0.2) is 0 Å². The maximum atomic E-state index is 11.3. The van der Waals surface area contributed by atoms with E-state index in [9.17, 15) is 9.59 Å². The van der Waals surface area contributed by atoms with Crippen molar-refractivity contribution in [1.82, 2.24) is 4.90 Å². The second-order valence-electron chi connectivity index (χ2n) is 5.14. The minimum atomic E-state index is -0.434. The zero-order valence-corrected chi connectivity index (χ0v) is 11.1. The molecule has 0 aromatic rings. The van der Waals surface area contributed by atoms with Gasteiger partial charge in [-0.2, -0.15) is 0 Å². The number of esters is 2. The fourth-order valence-electron chi connectivity index (χ4n) is 2.89. The zero-order chi connectivity index (χ0) is 13.2. The Labute approximate surface area is 107 Å². The molecule has 2 aliphatic heterocycles. The van der Waals surface area contributed by atoms with Crippen LogP contribution in [0.15, 0.2) is 0 Å². The lowest BCUT2D eigenvalue weighted by atomic mass is 9.85. The van der Waals surface area contributed by atoms with Crippen LogP contribution in [0.4, 0.5) is 0 Å². The van der Waals surface area contributed by atoms with Crippen molar-refractivity contribution in [3.63, 3.8) is 0 Å². The molecule has 0 amide bonds. The lowest BCUT2D eigenvalue weighted by Gasteiger charge is -2.44. The highest BCUT2D eigenvalue weighted by Crippen LogP contribution is 2.33. The molecule has 2 aliphatic rings. The molecular formula is C13H21NO4.